The van der Waals surface area contributed by atoms with Crippen molar-refractivity contribution in [2.75, 3.05) is 14.2 Å². The van der Waals surface area contributed by atoms with Crippen LogP contribution in [0.5, 0.6) is 0 Å². The fourth-order valence-corrected chi connectivity index (χ4v) is 3.00. The van der Waals surface area contributed by atoms with Crippen molar-refractivity contribution in [3.05, 3.63) is 47.5 Å². The third-order valence-corrected chi connectivity index (χ3v) is 4.72. The molecule has 2 N–H and O–H groups in total. The zero-order valence-corrected chi connectivity index (χ0v) is 15.7. The summed E-state index contributed by atoms with van der Waals surface area (Å²) in [5, 5.41) is 4.40. The molecule has 142 valence electrons. The Bertz CT molecular complexity index is 864. The first kappa shape index (κ1) is 20.0. The van der Waals surface area contributed by atoms with E-state index in [1.807, 2.05) is 11.5 Å². The van der Waals surface area contributed by atoms with Gasteiger partial charge in [0.1, 0.15) is 0 Å². The summed E-state index contributed by atoms with van der Waals surface area (Å²) in [4.78, 5) is 21.1. The molecule has 1 aliphatic heterocycles. The maximum absolute atomic E-state index is 12.0. The normalized spacial score (nSPS) is 12.9. The smallest absolute Gasteiger partial charge is 0.313 e. The number of nitrogens with zero attached hydrogens (tertiary/aromatic N) is 3. The van der Waals surface area contributed by atoms with Gasteiger partial charge in [0, 0.05) is 26.7 Å². The zero-order chi connectivity index (χ0) is 19.3. The summed E-state index contributed by atoms with van der Waals surface area (Å²) >= 11 is 0. The molecular weight excluding hydrogens is 360 g/mol. The van der Waals surface area contributed by atoms with Crippen LogP contribution in [0.3, 0.4) is 0 Å². The van der Waals surface area contributed by atoms with E-state index in [0.717, 1.165) is 31.0 Å². The Kier molecular flexibility index (Phi) is 6.48. The highest BCUT2D eigenvalue weighted by Gasteiger charge is 2.25. The van der Waals surface area contributed by atoms with Gasteiger partial charge in [-0.2, -0.15) is 8.42 Å². The average molecular weight is 382 g/mol. The van der Waals surface area contributed by atoms with E-state index in [-0.39, 0.29) is 10.8 Å². The van der Waals surface area contributed by atoms with Crippen LogP contribution in [0.4, 0.5) is 0 Å². The Morgan fingerprint density at radius 3 is 2.50 bits per heavy atom. The van der Waals surface area contributed by atoms with Gasteiger partial charge >= 0.3 is 5.91 Å². The van der Waals surface area contributed by atoms with Crippen molar-refractivity contribution in [3.63, 3.8) is 0 Å². The van der Waals surface area contributed by atoms with Crippen molar-refractivity contribution in [3.8, 4) is 0 Å². The van der Waals surface area contributed by atoms with Crippen LogP contribution in [-0.4, -0.2) is 47.6 Å². The van der Waals surface area contributed by atoms with E-state index in [1.165, 1.54) is 24.3 Å². The van der Waals surface area contributed by atoms with E-state index in [2.05, 4.69) is 10.3 Å². The number of hydrogen-bond donors (Lipinski definition) is 2. The average Bonchev–Trinajstić information content (AvgIpc) is 3.21. The molecule has 1 amide bonds. The Morgan fingerprint density at radius 1 is 1.35 bits per heavy atom. The Balaban J connectivity index is 0.000000209. The van der Waals surface area contributed by atoms with Crippen molar-refractivity contribution in [2.45, 2.75) is 31.5 Å². The molecule has 2 aromatic rings. The van der Waals surface area contributed by atoms with Crippen LogP contribution >= 0.6 is 0 Å². The van der Waals surface area contributed by atoms with Gasteiger partial charge in [0.25, 0.3) is 10.1 Å². The lowest BCUT2D eigenvalue weighted by atomic mass is 10.4. The van der Waals surface area contributed by atoms with E-state index in [0.29, 0.717) is 5.82 Å². The second-order valence-electron chi connectivity index (χ2n) is 5.45. The van der Waals surface area contributed by atoms with Gasteiger partial charge in [0.2, 0.25) is 5.82 Å². The lowest BCUT2D eigenvalue weighted by molar-refractivity contribution is -0.0767. The number of fused-ring (bicyclic) bond motifs is 1. The van der Waals surface area contributed by atoms with Crippen molar-refractivity contribution >= 4 is 16.0 Å². The molecule has 3 rings (SSSR count). The van der Waals surface area contributed by atoms with Gasteiger partial charge in [0.15, 0.2) is 0 Å². The molecular formula is C16H22N4O5S. The number of nitrogens with one attached hydrogen (secondary N) is 1. The molecule has 0 saturated heterocycles. The third kappa shape index (κ3) is 4.47. The molecule has 2 heterocycles. The van der Waals surface area contributed by atoms with Crippen LogP contribution in [0.25, 0.3) is 0 Å². The highest BCUT2D eigenvalue weighted by Crippen LogP contribution is 2.18. The highest BCUT2D eigenvalue weighted by atomic mass is 32.2. The molecule has 1 aliphatic rings. The lowest BCUT2D eigenvalue weighted by Crippen LogP contribution is -2.29. The lowest BCUT2D eigenvalue weighted by Gasteiger charge is -2.14. The molecule has 9 nitrogen and oxygen atoms in total. The van der Waals surface area contributed by atoms with Gasteiger partial charge in [-0.1, -0.05) is 18.2 Å². The number of hydrogen-bond acceptors (Lipinski definition) is 6. The van der Waals surface area contributed by atoms with Crippen molar-refractivity contribution < 1.29 is 22.6 Å². The fraction of sp³-hybridized carbons (Fsp3) is 0.375. The quantitative estimate of drug-likeness (QED) is 0.601. The highest BCUT2D eigenvalue weighted by molar-refractivity contribution is 7.85. The molecule has 0 spiro atoms. The van der Waals surface area contributed by atoms with Crippen LogP contribution in [0, 0.1) is 0 Å². The molecule has 0 aliphatic carbocycles. The SMILES string of the molecule is CCn1c(C(=O)N(C)OC)nc2c1CNC2.O=S(=O)(O)c1ccccc1. The number of imidazole rings is 1. The fourth-order valence-electron chi connectivity index (χ4n) is 2.49. The second kappa shape index (κ2) is 8.41. The second-order valence-corrected chi connectivity index (χ2v) is 6.87. The molecule has 0 fully saturated rings. The summed E-state index contributed by atoms with van der Waals surface area (Å²) in [6.45, 7) is 4.26. The third-order valence-electron chi connectivity index (χ3n) is 3.85. The van der Waals surface area contributed by atoms with Gasteiger partial charge in [-0.3, -0.25) is 14.2 Å². The van der Waals surface area contributed by atoms with Crippen molar-refractivity contribution in [1.82, 2.24) is 19.9 Å². The number of amides is 1. The van der Waals surface area contributed by atoms with E-state index < -0.39 is 10.1 Å². The Morgan fingerprint density at radius 2 is 2.00 bits per heavy atom. The van der Waals surface area contributed by atoms with Gasteiger partial charge in [0.05, 0.1) is 23.4 Å². The topological polar surface area (TPSA) is 114 Å². The minimum atomic E-state index is -4.00. The van der Waals surface area contributed by atoms with Crippen molar-refractivity contribution in [1.29, 1.82) is 0 Å². The molecule has 0 radical (unpaired) electrons. The number of hydroxylamine groups is 2. The molecule has 10 heteroatoms. The van der Waals surface area contributed by atoms with Crippen LogP contribution in [0.1, 0.15) is 28.9 Å². The minimum Gasteiger partial charge on any atom is -0.323 e. The van der Waals surface area contributed by atoms with E-state index in [9.17, 15) is 13.2 Å². The van der Waals surface area contributed by atoms with E-state index >= 15 is 0 Å². The summed E-state index contributed by atoms with van der Waals surface area (Å²) < 4.78 is 31.2. The molecule has 1 aromatic carbocycles. The molecule has 26 heavy (non-hydrogen) atoms. The first-order valence-electron chi connectivity index (χ1n) is 7.93. The number of rotatable bonds is 4. The van der Waals surface area contributed by atoms with Gasteiger partial charge in [-0.05, 0) is 19.1 Å². The van der Waals surface area contributed by atoms with Crippen LogP contribution < -0.4 is 5.32 Å². The van der Waals surface area contributed by atoms with Gasteiger partial charge < -0.3 is 9.88 Å². The predicted octanol–water partition coefficient (Wildman–Crippen LogP) is 1.07. The largest absolute Gasteiger partial charge is 0.323 e. The predicted molar refractivity (Wildman–Crippen MR) is 93.8 cm³/mol. The van der Waals surface area contributed by atoms with Crippen LogP contribution in [0.2, 0.25) is 0 Å². The van der Waals surface area contributed by atoms with Crippen molar-refractivity contribution in [2.24, 2.45) is 0 Å². The minimum absolute atomic E-state index is 0.0741. The number of carbonyl (C=O) groups is 1. The van der Waals surface area contributed by atoms with Crippen LogP contribution in [0.15, 0.2) is 35.2 Å². The summed E-state index contributed by atoms with van der Waals surface area (Å²) in [5.74, 6) is 0.247. The maximum Gasteiger partial charge on any atom is 0.313 e. The first-order valence-corrected chi connectivity index (χ1v) is 9.37. The van der Waals surface area contributed by atoms with E-state index in [1.54, 1.807) is 25.2 Å². The Labute approximate surface area is 152 Å². The summed E-state index contributed by atoms with van der Waals surface area (Å²) in [7, 11) is -0.954. The van der Waals surface area contributed by atoms with E-state index in [4.69, 9.17) is 9.39 Å². The number of aromatic nitrogens is 2. The van der Waals surface area contributed by atoms with Crippen LogP contribution in [-0.2, 0) is 34.6 Å². The number of benzene rings is 1. The molecule has 0 bridgehead atoms. The molecule has 0 saturated carbocycles. The van der Waals surface area contributed by atoms with Gasteiger partial charge in [-0.25, -0.2) is 10.0 Å². The zero-order valence-electron chi connectivity index (χ0n) is 14.8. The summed E-state index contributed by atoms with van der Waals surface area (Å²) in [5.41, 5.74) is 2.07. The summed E-state index contributed by atoms with van der Waals surface area (Å²) in [6.07, 6.45) is 0. The molecule has 0 atom stereocenters. The van der Waals surface area contributed by atoms with Gasteiger partial charge in [-0.15, -0.1) is 0 Å². The Hall–Kier alpha value is -2.27. The molecule has 1 aromatic heterocycles. The summed E-state index contributed by atoms with van der Waals surface area (Å²) in [6, 6.07) is 7.42. The number of carbonyl (C=O) groups excluding carboxylic acids is 1. The first-order chi connectivity index (χ1) is 12.3. The monoisotopic (exact) mass is 382 g/mol. The maximum atomic E-state index is 12.0. The standard InChI is InChI=1S/C10H16N4O2.C6H6O3S/c1-4-14-8-6-11-5-7(8)12-9(14)10(15)13(2)16-3;7-10(8,9)6-4-2-1-3-5-6/h11H,4-6H2,1-3H3;1-5H,(H,7,8,9). The molecule has 0 unspecified atom stereocenters.